The molecule has 1 aromatic carbocycles. The van der Waals surface area contributed by atoms with E-state index in [9.17, 15) is 4.57 Å². The quantitative estimate of drug-likeness (QED) is 0.562. The number of hydrogen-bond donors (Lipinski definition) is 0. The van der Waals surface area contributed by atoms with Gasteiger partial charge in [-0.2, -0.15) is 0 Å². The van der Waals surface area contributed by atoms with Crippen molar-refractivity contribution in [3.8, 4) is 0 Å². The van der Waals surface area contributed by atoms with Gasteiger partial charge >= 0.3 is 0 Å². The molecule has 2 nitrogen and oxygen atoms in total. The molecular weight excluding hydrogens is 219 g/mol. The minimum absolute atomic E-state index is 0.403. The van der Waals surface area contributed by atoms with Crippen molar-refractivity contribution in [2.24, 2.45) is 5.92 Å². The highest BCUT2D eigenvalue weighted by atomic mass is 31.1. The predicted octanol–water partition coefficient (Wildman–Crippen LogP) is 3.19. The Morgan fingerprint density at radius 3 is 2.75 bits per heavy atom. The molecule has 3 heteroatoms. The van der Waals surface area contributed by atoms with Crippen LogP contribution >= 0.6 is 8.03 Å². The lowest BCUT2D eigenvalue weighted by Gasteiger charge is -2.10. The molecule has 0 saturated carbocycles. The Morgan fingerprint density at radius 1 is 1.44 bits per heavy atom. The molecule has 0 radical (unpaired) electrons. The lowest BCUT2D eigenvalue weighted by Crippen LogP contribution is -2.07. The van der Waals surface area contributed by atoms with E-state index in [0.29, 0.717) is 12.5 Å². The van der Waals surface area contributed by atoms with Crippen LogP contribution in [0.4, 0.5) is 0 Å². The van der Waals surface area contributed by atoms with Crippen LogP contribution in [0.15, 0.2) is 36.9 Å². The van der Waals surface area contributed by atoms with Gasteiger partial charge in [-0.3, -0.25) is 4.57 Å². The molecule has 0 fully saturated rings. The van der Waals surface area contributed by atoms with Crippen LogP contribution in [0.1, 0.15) is 19.4 Å². The zero-order chi connectivity index (χ0) is 12.0. The molecule has 0 heterocycles. The summed E-state index contributed by atoms with van der Waals surface area (Å²) < 4.78 is 17.4. The minimum Gasteiger partial charge on any atom is -0.327 e. The lowest BCUT2D eigenvalue weighted by atomic mass is 10.1. The van der Waals surface area contributed by atoms with Crippen molar-refractivity contribution in [1.82, 2.24) is 0 Å². The van der Waals surface area contributed by atoms with Crippen molar-refractivity contribution in [2.75, 3.05) is 6.61 Å². The summed E-state index contributed by atoms with van der Waals surface area (Å²) in [6.07, 6.45) is 2.55. The first-order valence-electron chi connectivity index (χ1n) is 5.51. The molecule has 0 aliphatic carbocycles. The molecule has 1 aromatic rings. The van der Waals surface area contributed by atoms with Crippen molar-refractivity contribution in [3.05, 3.63) is 42.5 Å². The van der Waals surface area contributed by atoms with Gasteiger partial charge in [-0.1, -0.05) is 38.1 Å². The highest BCUT2D eigenvalue weighted by Crippen LogP contribution is 2.24. The summed E-state index contributed by atoms with van der Waals surface area (Å²) in [5.41, 5.74) is 1.05. The van der Waals surface area contributed by atoms with Crippen molar-refractivity contribution in [2.45, 2.75) is 20.3 Å². The first-order valence-corrected chi connectivity index (χ1v) is 6.82. The van der Waals surface area contributed by atoms with E-state index in [0.717, 1.165) is 17.3 Å². The zero-order valence-electron chi connectivity index (χ0n) is 9.90. The maximum Gasteiger partial charge on any atom is 0.220 e. The Bertz CT molecular complexity index is 372. The molecule has 0 aliphatic rings. The Labute approximate surface area is 98.2 Å². The van der Waals surface area contributed by atoms with Gasteiger partial charge in [0.15, 0.2) is 0 Å². The fourth-order valence-corrected chi connectivity index (χ4v) is 2.69. The smallest absolute Gasteiger partial charge is 0.220 e. The van der Waals surface area contributed by atoms with Crippen LogP contribution in [-0.2, 0) is 15.5 Å². The molecule has 0 aromatic heterocycles. The minimum atomic E-state index is -2.11. The van der Waals surface area contributed by atoms with Gasteiger partial charge in [-0.15, -0.1) is 6.58 Å². The van der Waals surface area contributed by atoms with Crippen molar-refractivity contribution in [1.29, 1.82) is 0 Å². The predicted molar refractivity (Wildman–Crippen MR) is 69.8 cm³/mol. The van der Waals surface area contributed by atoms with E-state index in [4.69, 9.17) is 4.52 Å². The summed E-state index contributed by atoms with van der Waals surface area (Å²) in [5, 5.41) is 0.827. The van der Waals surface area contributed by atoms with Gasteiger partial charge in [0, 0.05) is 5.30 Å². The second kappa shape index (κ2) is 6.67. The van der Waals surface area contributed by atoms with Crippen LogP contribution < -0.4 is 5.30 Å². The molecule has 1 rings (SSSR count). The topological polar surface area (TPSA) is 26.3 Å². The van der Waals surface area contributed by atoms with Gasteiger partial charge in [-0.05, 0) is 24.0 Å². The monoisotopic (exact) mass is 238 g/mol. The number of allylic oxidation sites excluding steroid dienone is 1. The largest absolute Gasteiger partial charge is 0.327 e. The van der Waals surface area contributed by atoms with Crippen LogP contribution in [-0.4, -0.2) is 6.61 Å². The third-order valence-corrected chi connectivity index (χ3v) is 3.51. The third-order valence-electron chi connectivity index (χ3n) is 2.15. The molecule has 1 unspecified atom stereocenters. The first kappa shape index (κ1) is 13.2. The van der Waals surface area contributed by atoms with E-state index in [1.54, 1.807) is 0 Å². The average Bonchev–Trinajstić information content (AvgIpc) is 2.27. The highest BCUT2D eigenvalue weighted by molar-refractivity contribution is 7.48. The number of hydrogen-bond acceptors (Lipinski definition) is 2. The van der Waals surface area contributed by atoms with E-state index in [1.807, 2.05) is 44.2 Å². The fraction of sp³-hybridized carbons (Fsp3) is 0.385. The SMILES string of the molecule is C=CCc1ccccc1[PH](=O)OCC(C)C. The molecule has 88 valence electrons. The van der Waals surface area contributed by atoms with Crippen molar-refractivity contribution in [3.63, 3.8) is 0 Å². The van der Waals surface area contributed by atoms with Gasteiger partial charge in [0.25, 0.3) is 0 Å². The molecule has 0 bridgehead atoms. The number of rotatable bonds is 6. The summed E-state index contributed by atoms with van der Waals surface area (Å²) in [6, 6.07) is 7.68. The average molecular weight is 238 g/mol. The molecule has 0 amide bonds. The standard InChI is InChI=1S/C13H19O2P/c1-4-7-12-8-5-6-9-13(12)16(14)15-10-11(2)3/h4-6,8-9,11,16H,1,7,10H2,2-3H3. The molecule has 0 saturated heterocycles. The van der Waals surface area contributed by atoms with E-state index in [-0.39, 0.29) is 0 Å². The van der Waals surface area contributed by atoms with Gasteiger partial charge in [0.05, 0.1) is 6.61 Å². The zero-order valence-corrected chi connectivity index (χ0v) is 10.9. The highest BCUT2D eigenvalue weighted by Gasteiger charge is 2.09. The summed E-state index contributed by atoms with van der Waals surface area (Å²) in [4.78, 5) is 0. The molecule has 0 spiro atoms. The van der Waals surface area contributed by atoms with Gasteiger partial charge in [-0.25, -0.2) is 0 Å². The van der Waals surface area contributed by atoms with Gasteiger partial charge in [0.1, 0.15) is 0 Å². The molecule has 0 aliphatic heterocycles. The van der Waals surface area contributed by atoms with Crippen molar-refractivity contribution >= 4 is 13.3 Å². The van der Waals surface area contributed by atoms with Crippen LogP contribution in [0.5, 0.6) is 0 Å². The van der Waals surface area contributed by atoms with E-state index in [2.05, 4.69) is 6.58 Å². The summed E-state index contributed by atoms with van der Waals surface area (Å²) in [6.45, 7) is 8.33. The summed E-state index contributed by atoms with van der Waals surface area (Å²) in [5.74, 6) is 0.403. The van der Waals surface area contributed by atoms with Crippen molar-refractivity contribution < 1.29 is 9.09 Å². The third kappa shape index (κ3) is 3.96. The van der Waals surface area contributed by atoms with Gasteiger partial charge in [0.2, 0.25) is 8.03 Å². The first-order chi connectivity index (χ1) is 7.65. The maximum absolute atomic E-state index is 12.0. The summed E-state index contributed by atoms with van der Waals surface area (Å²) >= 11 is 0. The lowest BCUT2D eigenvalue weighted by molar-refractivity contribution is 0.287. The molecule has 0 N–H and O–H groups in total. The Kier molecular flexibility index (Phi) is 5.51. The Hall–Kier alpha value is -0.850. The maximum atomic E-state index is 12.0. The van der Waals surface area contributed by atoms with Crippen LogP contribution in [0.3, 0.4) is 0 Å². The second-order valence-corrected chi connectivity index (χ2v) is 5.54. The van der Waals surface area contributed by atoms with Crippen LogP contribution in [0.25, 0.3) is 0 Å². The summed E-state index contributed by atoms with van der Waals surface area (Å²) in [7, 11) is -2.11. The van der Waals surface area contributed by atoms with Gasteiger partial charge < -0.3 is 4.52 Å². The molecule has 16 heavy (non-hydrogen) atoms. The second-order valence-electron chi connectivity index (χ2n) is 4.14. The van der Waals surface area contributed by atoms with E-state index >= 15 is 0 Å². The fourth-order valence-electron chi connectivity index (χ4n) is 1.37. The van der Waals surface area contributed by atoms with Crippen LogP contribution in [0, 0.1) is 5.92 Å². The Balaban J connectivity index is 2.77. The normalized spacial score (nSPS) is 12.7. The molecular formula is C13H19O2P. The van der Waals surface area contributed by atoms with E-state index in [1.165, 1.54) is 0 Å². The molecule has 1 atom stereocenters. The number of benzene rings is 1. The van der Waals surface area contributed by atoms with E-state index < -0.39 is 8.03 Å². The van der Waals surface area contributed by atoms with Crippen LogP contribution in [0.2, 0.25) is 0 Å². The Morgan fingerprint density at radius 2 is 2.12 bits per heavy atom.